The normalized spacial score (nSPS) is 13.1. The van der Waals surface area contributed by atoms with Gasteiger partial charge in [-0.05, 0) is 26.0 Å². The summed E-state index contributed by atoms with van der Waals surface area (Å²) in [6.07, 6.45) is -0.609. The molecule has 0 saturated carbocycles. The average Bonchev–Trinajstić information content (AvgIpc) is 2.26. The molecule has 18 heavy (non-hydrogen) atoms. The van der Waals surface area contributed by atoms with Crippen LogP contribution in [0.3, 0.4) is 0 Å². The van der Waals surface area contributed by atoms with Gasteiger partial charge in [-0.3, -0.25) is 8.98 Å². The molecule has 0 heterocycles. The number of hydrogen-bond donors (Lipinski definition) is 0. The lowest BCUT2D eigenvalue weighted by atomic mass is 10.2. The molecule has 0 unspecified atom stereocenters. The van der Waals surface area contributed by atoms with E-state index in [0.29, 0.717) is 0 Å². The smallest absolute Gasteiger partial charge is 0.302 e. The molecule has 1 rings (SSSR count). The van der Waals surface area contributed by atoms with E-state index in [0.717, 1.165) is 5.56 Å². The number of rotatable bonds is 5. The van der Waals surface area contributed by atoms with Crippen molar-refractivity contribution in [2.45, 2.75) is 31.8 Å². The maximum Gasteiger partial charge on any atom is 0.302 e. The van der Waals surface area contributed by atoms with Crippen molar-refractivity contribution < 1.29 is 22.1 Å². The lowest BCUT2D eigenvalue weighted by Crippen LogP contribution is -2.21. The van der Waals surface area contributed by atoms with Gasteiger partial charge in [0.2, 0.25) is 0 Å². The molecule has 0 amide bonds. The third-order valence-electron chi connectivity index (χ3n) is 2.13. The first-order chi connectivity index (χ1) is 8.31. The van der Waals surface area contributed by atoms with E-state index in [9.17, 15) is 13.2 Å². The van der Waals surface area contributed by atoms with Crippen molar-refractivity contribution in [2.75, 3.05) is 6.61 Å². The van der Waals surface area contributed by atoms with Crippen LogP contribution in [0.15, 0.2) is 29.2 Å². The summed E-state index contributed by atoms with van der Waals surface area (Å²) in [6, 6.07) is 6.32. The van der Waals surface area contributed by atoms with Gasteiger partial charge in [0, 0.05) is 6.92 Å². The first-order valence-electron chi connectivity index (χ1n) is 5.44. The highest BCUT2D eigenvalue weighted by atomic mass is 32.2. The first kappa shape index (κ1) is 14.7. The number of benzene rings is 1. The number of carbonyl (C=O) groups excluding carboxylic acids is 1. The fourth-order valence-electron chi connectivity index (χ4n) is 1.28. The molecule has 1 atom stereocenters. The van der Waals surface area contributed by atoms with Crippen LogP contribution in [0.25, 0.3) is 0 Å². The van der Waals surface area contributed by atoms with Crippen LogP contribution in [0, 0.1) is 6.92 Å². The number of ether oxygens (including phenoxy) is 1. The Hall–Kier alpha value is -1.40. The van der Waals surface area contributed by atoms with Crippen LogP contribution in [0.2, 0.25) is 0 Å². The van der Waals surface area contributed by atoms with Gasteiger partial charge < -0.3 is 4.74 Å². The van der Waals surface area contributed by atoms with Gasteiger partial charge in [0.1, 0.15) is 12.7 Å². The van der Waals surface area contributed by atoms with Crippen molar-refractivity contribution in [1.82, 2.24) is 0 Å². The molecule has 0 aliphatic carbocycles. The summed E-state index contributed by atoms with van der Waals surface area (Å²) in [4.78, 5) is 10.7. The molecule has 0 N–H and O–H groups in total. The topological polar surface area (TPSA) is 69.7 Å². The largest absolute Gasteiger partial charge is 0.460 e. The van der Waals surface area contributed by atoms with Crippen molar-refractivity contribution in [3.8, 4) is 0 Å². The molecular formula is C12H16O5S. The lowest BCUT2D eigenvalue weighted by Gasteiger charge is -2.12. The summed E-state index contributed by atoms with van der Waals surface area (Å²) in [6.45, 7) is 4.48. The second-order valence-corrected chi connectivity index (χ2v) is 5.59. The van der Waals surface area contributed by atoms with Gasteiger partial charge >= 0.3 is 5.97 Å². The monoisotopic (exact) mass is 272 g/mol. The Morgan fingerprint density at radius 1 is 1.28 bits per heavy atom. The third kappa shape index (κ3) is 4.46. The SMILES string of the molecule is CC(=O)O[C@@H](C)COS(=O)(=O)c1ccc(C)cc1. The van der Waals surface area contributed by atoms with E-state index in [1.165, 1.54) is 19.1 Å². The van der Waals surface area contributed by atoms with Crippen molar-refractivity contribution >= 4 is 16.1 Å². The minimum absolute atomic E-state index is 0.0862. The first-order valence-corrected chi connectivity index (χ1v) is 6.85. The van der Waals surface area contributed by atoms with Crippen LogP contribution in [0.1, 0.15) is 19.4 Å². The van der Waals surface area contributed by atoms with Gasteiger partial charge in [-0.2, -0.15) is 8.42 Å². The van der Waals surface area contributed by atoms with Gasteiger partial charge in [-0.25, -0.2) is 0 Å². The maximum atomic E-state index is 11.8. The Labute approximate surface area is 107 Å². The molecular weight excluding hydrogens is 256 g/mol. The molecule has 0 bridgehead atoms. The molecule has 0 radical (unpaired) electrons. The maximum absolute atomic E-state index is 11.8. The van der Waals surface area contributed by atoms with Gasteiger partial charge in [-0.1, -0.05) is 17.7 Å². The zero-order valence-corrected chi connectivity index (χ0v) is 11.4. The second-order valence-electron chi connectivity index (χ2n) is 3.97. The van der Waals surface area contributed by atoms with Crippen LogP contribution in [0.4, 0.5) is 0 Å². The van der Waals surface area contributed by atoms with E-state index >= 15 is 0 Å². The summed E-state index contributed by atoms with van der Waals surface area (Å²) in [5.74, 6) is -0.473. The summed E-state index contributed by atoms with van der Waals surface area (Å²) < 4.78 is 33.1. The van der Waals surface area contributed by atoms with Crippen LogP contribution in [-0.4, -0.2) is 27.1 Å². The Morgan fingerprint density at radius 2 is 1.83 bits per heavy atom. The predicted octanol–water partition coefficient (Wildman–Crippen LogP) is 1.65. The van der Waals surface area contributed by atoms with Crippen LogP contribution < -0.4 is 0 Å². The lowest BCUT2D eigenvalue weighted by molar-refractivity contribution is -0.146. The van der Waals surface area contributed by atoms with Gasteiger partial charge in [-0.15, -0.1) is 0 Å². The van der Waals surface area contributed by atoms with Gasteiger partial charge in [0.25, 0.3) is 10.1 Å². The van der Waals surface area contributed by atoms with Crippen molar-refractivity contribution in [1.29, 1.82) is 0 Å². The molecule has 0 fully saturated rings. The summed E-state index contributed by atoms with van der Waals surface area (Å²) in [5, 5.41) is 0. The molecule has 1 aromatic carbocycles. The van der Waals surface area contributed by atoms with E-state index in [2.05, 4.69) is 0 Å². The Kier molecular flexibility index (Phi) is 4.86. The third-order valence-corrected chi connectivity index (χ3v) is 3.43. The quantitative estimate of drug-likeness (QED) is 0.602. The number of carbonyl (C=O) groups is 1. The highest BCUT2D eigenvalue weighted by molar-refractivity contribution is 7.86. The summed E-state index contributed by atoms with van der Waals surface area (Å²) in [7, 11) is -3.80. The molecule has 0 saturated heterocycles. The molecule has 0 aromatic heterocycles. The van der Waals surface area contributed by atoms with E-state index in [4.69, 9.17) is 8.92 Å². The van der Waals surface area contributed by atoms with Crippen LogP contribution in [0.5, 0.6) is 0 Å². The number of esters is 1. The fourth-order valence-corrected chi connectivity index (χ4v) is 2.25. The van der Waals surface area contributed by atoms with E-state index in [1.54, 1.807) is 19.1 Å². The summed E-state index contributed by atoms with van der Waals surface area (Å²) >= 11 is 0. The van der Waals surface area contributed by atoms with Gasteiger partial charge in [0.15, 0.2) is 0 Å². The van der Waals surface area contributed by atoms with Crippen molar-refractivity contribution in [3.05, 3.63) is 29.8 Å². The Morgan fingerprint density at radius 3 is 2.33 bits per heavy atom. The highest BCUT2D eigenvalue weighted by Crippen LogP contribution is 2.13. The predicted molar refractivity (Wildman–Crippen MR) is 65.5 cm³/mol. The summed E-state index contributed by atoms with van der Waals surface area (Å²) in [5.41, 5.74) is 0.960. The zero-order valence-electron chi connectivity index (χ0n) is 10.5. The molecule has 100 valence electrons. The highest BCUT2D eigenvalue weighted by Gasteiger charge is 2.17. The standard InChI is InChI=1S/C12H16O5S/c1-9-4-6-12(7-5-9)18(14,15)16-8-10(2)17-11(3)13/h4-7,10H,8H2,1-3H3/t10-/m0/s1. The van der Waals surface area contributed by atoms with Crippen molar-refractivity contribution in [2.24, 2.45) is 0 Å². The van der Waals surface area contributed by atoms with Gasteiger partial charge in [0.05, 0.1) is 4.90 Å². The average molecular weight is 272 g/mol. The Bertz CT molecular complexity index is 504. The molecule has 0 aliphatic heterocycles. The zero-order chi connectivity index (χ0) is 13.8. The van der Waals surface area contributed by atoms with E-state index in [-0.39, 0.29) is 11.5 Å². The van der Waals surface area contributed by atoms with E-state index < -0.39 is 22.2 Å². The molecule has 1 aromatic rings. The molecule has 0 aliphatic rings. The fraction of sp³-hybridized carbons (Fsp3) is 0.417. The Balaban J connectivity index is 2.65. The second kappa shape index (κ2) is 5.97. The molecule has 6 heteroatoms. The van der Waals surface area contributed by atoms with Crippen LogP contribution in [-0.2, 0) is 23.8 Å². The molecule has 5 nitrogen and oxygen atoms in total. The van der Waals surface area contributed by atoms with Crippen molar-refractivity contribution in [3.63, 3.8) is 0 Å². The van der Waals surface area contributed by atoms with Crippen LogP contribution >= 0.6 is 0 Å². The van der Waals surface area contributed by atoms with E-state index in [1.807, 2.05) is 6.92 Å². The minimum Gasteiger partial charge on any atom is -0.460 e. The minimum atomic E-state index is -3.80. The number of hydrogen-bond acceptors (Lipinski definition) is 5. The molecule has 0 spiro atoms. The number of aryl methyl sites for hydroxylation is 1.